The second kappa shape index (κ2) is 7.83. The van der Waals surface area contributed by atoms with Crippen LogP contribution in [0, 0.1) is 6.92 Å². The van der Waals surface area contributed by atoms with E-state index in [4.69, 9.17) is 9.47 Å². The average Bonchev–Trinajstić information content (AvgIpc) is 3.09. The minimum Gasteiger partial charge on any atom is -0.484 e. The van der Waals surface area contributed by atoms with Gasteiger partial charge in [-0.3, -0.25) is 4.79 Å². The number of sulfone groups is 1. The second-order valence-electron chi connectivity index (χ2n) is 6.88. The molecule has 2 heterocycles. The normalized spacial score (nSPS) is 18.2. The van der Waals surface area contributed by atoms with E-state index >= 15 is 0 Å². The van der Waals surface area contributed by atoms with Crippen molar-refractivity contribution in [1.82, 2.24) is 9.88 Å². The fraction of sp³-hybridized carbons (Fsp3) is 0.474. The largest absolute Gasteiger partial charge is 0.484 e. The Hall–Kier alpha value is -2.55. The fourth-order valence-corrected chi connectivity index (χ4v) is 5.10. The van der Waals surface area contributed by atoms with Gasteiger partial charge < -0.3 is 19.4 Å². The van der Waals surface area contributed by atoms with E-state index in [1.807, 2.05) is 24.6 Å². The van der Waals surface area contributed by atoms with Crippen LogP contribution in [0.4, 0.5) is 0 Å². The van der Waals surface area contributed by atoms with Crippen LogP contribution in [-0.4, -0.2) is 55.6 Å². The van der Waals surface area contributed by atoms with Gasteiger partial charge in [-0.25, -0.2) is 13.2 Å². The monoisotopic (exact) mass is 408 g/mol. The summed E-state index contributed by atoms with van der Waals surface area (Å²) in [5.41, 5.74) is 2.12. The van der Waals surface area contributed by atoms with Gasteiger partial charge in [-0.15, -0.1) is 0 Å². The number of fused-ring (bicyclic) bond motifs is 1. The molecule has 1 aliphatic rings. The molecule has 0 unspecified atom stereocenters. The number of esters is 1. The Morgan fingerprint density at radius 2 is 2.07 bits per heavy atom. The van der Waals surface area contributed by atoms with Crippen molar-refractivity contribution in [2.75, 3.05) is 24.7 Å². The number of nitrogens with zero attached hydrogens (tertiary/aromatic N) is 1. The third kappa shape index (κ3) is 4.14. The molecule has 1 aromatic carbocycles. The van der Waals surface area contributed by atoms with E-state index in [0.29, 0.717) is 23.1 Å². The first-order chi connectivity index (χ1) is 13.2. The predicted molar refractivity (Wildman–Crippen MR) is 104 cm³/mol. The van der Waals surface area contributed by atoms with E-state index in [0.717, 1.165) is 11.2 Å². The molecule has 1 atom stereocenters. The van der Waals surface area contributed by atoms with Gasteiger partial charge in [-0.05, 0) is 38.5 Å². The van der Waals surface area contributed by atoms with Crippen molar-refractivity contribution in [3.63, 3.8) is 0 Å². The van der Waals surface area contributed by atoms with Gasteiger partial charge in [-0.2, -0.15) is 0 Å². The minimum atomic E-state index is -3.05. The highest BCUT2D eigenvalue weighted by molar-refractivity contribution is 7.91. The molecule has 8 nitrogen and oxygen atoms in total. The summed E-state index contributed by atoms with van der Waals surface area (Å²) in [4.78, 5) is 24.4. The third-order valence-corrected chi connectivity index (χ3v) is 6.68. The van der Waals surface area contributed by atoms with Gasteiger partial charge in [-0.1, -0.05) is 0 Å². The highest BCUT2D eigenvalue weighted by Gasteiger charge is 2.29. The lowest BCUT2D eigenvalue weighted by molar-refractivity contribution is -0.123. The van der Waals surface area contributed by atoms with Gasteiger partial charge in [0.2, 0.25) is 0 Å². The van der Waals surface area contributed by atoms with Crippen LogP contribution in [0.15, 0.2) is 18.2 Å². The Morgan fingerprint density at radius 3 is 2.71 bits per heavy atom. The number of hydrogen-bond acceptors (Lipinski definition) is 6. The Bertz CT molecular complexity index is 1020. The number of ether oxygens (including phenoxy) is 2. The zero-order chi connectivity index (χ0) is 20.5. The number of rotatable bonds is 6. The van der Waals surface area contributed by atoms with E-state index in [9.17, 15) is 18.0 Å². The second-order valence-corrected chi connectivity index (χ2v) is 9.10. The van der Waals surface area contributed by atoms with E-state index in [1.54, 1.807) is 19.1 Å². The number of benzene rings is 1. The molecule has 1 aliphatic heterocycles. The van der Waals surface area contributed by atoms with Crippen molar-refractivity contribution < 1.29 is 27.5 Å². The summed E-state index contributed by atoms with van der Waals surface area (Å²) in [7, 11) is -1.19. The van der Waals surface area contributed by atoms with Crippen LogP contribution in [0.5, 0.6) is 5.75 Å². The van der Waals surface area contributed by atoms with Crippen molar-refractivity contribution >= 4 is 32.6 Å². The highest BCUT2D eigenvalue weighted by Crippen LogP contribution is 2.29. The van der Waals surface area contributed by atoms with Crippen molar-refractivity contribution in [2.24, 2.45) is 7.05 Å². The molecule has 1 aromatic heterocycles. The molecule has 0 bridgehead atoms. The molecule has 28 heavy (non-hydrogen) atoms. The fourth-order valence-electron chi connectivity index (χ4n) is 3.43. The number of aryl methyl sites for hydroxylation is 1. The summed E-state index contributed by atoms with van der Waals surface area (Å²) in [6.07, 6.45) is 0.423. The van der Waals surface area contributed by atoms with Crippen molar-refractivity contribution in [3.05, 3.63) is 29.5 Å². The lowest BCUT2D eigenvalue weighted by Gasteiger charge is -2.12. The summed E-state index contributed by atoms with van der Waals surface area (Å²) in [5.74, 6) is -0.270. The first kappa shape index (κ1) is 20.2. The number of nitrogens with one attached hydrogen (secondary N) is 1. The predicted octanol–water partition coefficient (Wildman–Crippen LogP) is 1.35. The maximum atomic E-state index is 12.3. The quantitative estimate of drug-likeness (QED) is 0.724. The van der Waals surface area contributed by atoms with Crippen LogP contribution >= 0.6 is 0 Å². The lowest BCUT2D eigenvalue weighted by Crippen LogP contribution is -2.38. The standard InChI is InChI=1S/C19H24N2O6S/c1-4-26-19(23)18-12(2)21(3)16-6-5-14(9-15(16)18)27-10-17(22)20-13-7-8-28(24,25)11-13/h5-6,9,13H,4,7-8,10-11H2,1-3H3,(H,20,22)/t13-/m0/s1. The third-order valence-electron chi connectivity index (χ3n) is 4.91. The SMILES string of the molecule is CCOC(=O)c1c(C)n(C)c2ccc(OCC(=O)N[C@H]3CCS(=O)(=O)C3)cc12. The topological polar surface area (TPSA) is 104 Å². The maximum Gasteiger partial charge on any atom is 0.340 e. The van der Waals surface area contributed by atoms with Crippen LogP contribution in [0.25, 0.3) is 10.9 Å². The highest BCUT2D eigenvalue weighted by atomic mass is 32.2. The Morgan fingerprint density at radius 1 is 1.32 bits per heavy atom. The van der Waals surface area contributed by atoms with E-state index < -0.39 is 15.8 Å². The van der Waals surface area contributed by atoms with Crippen LogP contribution in [0.3, 0.4) is 0 Å². The number of carbonyl (C=O) groups excluding carboxylic acids is 2. The molecular weight excluding hydrogens is 384 g/mol. The Labute approximate surface area is 163 Å². The average molecular weight is 408 g/mol. The van der Waals surface area contributed by atoms with Gasteiger partial charge in [0.1, 0.15) is 5.75 Å². The van der Waals surface area contributed by atoms with Crippen LogP contribution in [-0.2, 0) is 26.4 Å². The summed E-state index contributed by atoms with van der Waals surface area (Å²) in [6, 6.07) is 4.89. The molecule has 3 rings (SSSR count). The molecule has 1 amide bonds. The summed E-state index contributed by atoms with van der Waals surface area (Å²) in [5, 5.41) is 3.37. The molecule has 1 N–H and O–H groups in total. The lowest BCUT2D eigenvalue weighted by atomic mass is 10.1. The molecule has 0 spiro atoms. The van der Waals surface area contributed by atoms with Crippen LogP contribution in [0.1, 0.15) is 29.4 Å². The van der Waals surface area contributed by atoms with Crippen molar-refractivity contribution in [3.8, 4) is 5.75 Å². The molecule has 152 valence electrons. The molecule has 2 aromatic rings. The van der Waals surface area contributed by atoms with Gasteiger partial charge in [0, 0.05) is 29.7 Å². The number of aromatic nitrogens is 1. The van der Waals surface area contributed by atoms with Crippen molar-refractivity contribution in [2.45, 2.75) is 26.3 Å². The van der Waals surface area contributed by atoms with Crippen LogP contribution in [0.2, 0.25) is 0 Å². The molecular formula is C19H24N2O6S. The zero-order valence-electron chi connectivity index (χ0n) is 16.1. The summed E-state index contributed by atoms with van der Waals surface area (Å²) >= 11 is 0. The molecule has 9 heteroatoms. The molecule has 1 fully saturated rings. The smallest absolute Gasteiger partial charge is 0.340 e. The molecule has 0 saturated carbocycles. The minimum absolute atomic E-state index is 0.0309. The molecule has 0 aliphatic carbocycles. The van der Waals surface area contributed by atoms with Gasteiger partial charge in [0.15, 0.2) is 16.4 Å². The summed E-state index contributed by atoms with van der Waals surface area (Å²) < 4.78 is 35.5. The van der Waals surface area contributed by atoms with E-state index in [1.165, 1.54) is 0 Å². The van der Waals surface area contributed by atoms with Gasteiger partial charge >= 0.3 is 5.97 Å². The van der Waals surface area contributed by atoms with Gasteiger partial charge in [0.25, 0.3) is 5.91 Å². The van der Waals surface area contributed by atoms with Crippen LogP contribution < -0.4 is 10.1 Å². The van der Waals surface area contributed by atoms with Crippen molar-refractivity contribution in [1.29, 1.82) is 0 Å². The maximum absolute atomic E-state index is 12.3. The number of amides is 1. The van der Waals surface area contributed by atoms with E-state index in [-0.39, 0.29) is 36.7 Å². The Balaban J connectivity index is 1.72. The zero-order valence-corrected chi connectivity index (χ0v) is 17.0. The Kier molecular flexibility index (Phi) is 5.64. The number of hydrogen-bond donors (Lipinski definition) is 1. The van der Waals surface area contributed by atoms with Gasteiger partial charge in [0.05, 0.1) is 23.7 Å². The molecule has 0 radical (unpaired) electrons. The first-order valence-electron chi connectivity index (χ1n) is 9.10. The van der Waals surface area contributed by atoms with E-state index in [2.05, 4.69) is 5.32 Å². The summed E-state index contributed by atoms with van der Waals surface area (Å²) in [6.45, 7) is 3.64. The first-order valence-corrected chi connectivity index (χ1v) is 10.9. The number of carbonyl (C=O) groups is 2. The molecule has 1 saturated heterocycles.